The molecule has 0 amide bonds. The maximum Gasteiger partial charge on any atom is 0.104 e. The highest BCUT2D eigenvalue weighted by molar-refractivity contribution is 4.70. The van der Waals surface area contributed by atoms with Crippen molar-refractivity contribution < 1.29 is 28.4 Å². The molecule has 0 aromatic heterocycles. The largest absolute Gasteiger partial charge is 0.379 e. The Hall–Kier alpha value is -0.240. The summed E-state index contributed by atoms with van der Waals surface area (Å²) in [5, 5.41) is 0. The average molecular weight is 302 g/mol. The molecule has 6 heteroatoms. The van der Waals surface area contributed by atoms with Crippen LogP contribution in [0.3, 0.4) is 0 Å². The fourth-order valence-corrected chi connectivity index (χ4v) is 2.10. The predicted molar refractivity (Wildman–Crippen MR) is 74.4 cm³/mol. The summed E-state index contributed by atoms with van der Waals surface area (Å²) in [4.78, 5) is 0. The van der Waals surface area contributed by atoms with Crippen molar-refractivity contribution in [3.05, 3.63) is 0 Å². The highest BCUT2D eigenvalue weighted by Gasteiger charge is 2.24. The average Bonchev–Trinajstić information content (AvgIpc) is 3.35. The third kappa shape index (κ3) is 7.54. The van der Waals surface area contributed by atoms with Crippen LogP contribution in [0.15, 0.2) is 0 Å². The van der Waals surface area contributed by atoms with Crippen molar-refractivity contribution in [2.45, 2.75) is 31.2 Å². The molecule has 0 radical (unpaired) electrons. The monoisotopic (exact) mass is 302 g/mol. The molecule has 3 rings (SSSR count). The molecule has 0 N–H and O–H groups in total. The lowest BCUT2D eigenvalue weighted by Gasteiger charge is -2.17. The van der Waals surface area contributed by atoms with Gasteiger partial charge in [-0.15, -0.1) is 0 Å². The van der Waals surface area contributed by atoms with Crippen LogP contribution in [0.4, 0.5) is 0 Å². The second kappa shape index (κ2) is 8.41. The lowest BCUT2D eigenvalue weighted by Crippen LogP contribution is -2.18. The summed E-state index contributed by atoms with van der Waals surface area (Å²) in [5.41, 5.74) is 0. The van der Waals surface area contributed by atoms with Crippen molar-refractivity contribution in [1.82, 2.24) is 0 Å². The molecule has 0 aromatic rings. The number of hydrogen-bond donors (Lipinski definition) is 0. The summed E-state index contributed by atoms with van der Waals surface area (Å²) in [6.07, 6.45) is 3.02. The maximum absolute atomic E-state index is 5.72. The van der Waals surface area contributed by atoms with Gasteiger partial charge < -0.3 is 28.4 Å². The van der Waals surface area contributed by atoms with E-state index >= 15 is 0 Å². The van der Waals surface area contributed by atoms with Crippen molar-refractivity contribution in [3.8, 4) is 0 Å². The van der Waals surface area contributed by atoms with Crippen molar-refractivity contribution in [2.24, 2.45) is 5.92 Å². The van der Waals surface area contributed by atoms with E-state index < -0.39 is 0 Å². The van der Waals surface area contributed by atoms with Crippen LogP contribution in [0.25, 0.3) is 0 Å². The van der Waals surface area contributed by atoms with Gasteiger partial charge in [0.1, 0.15) is 18.3 Å². The molecule has 3 heterocycles. The minimum absolute atomic E-state index is 0.331. The molecule has 0 aromatic carbocycles. The molecule has 0 bridgehead atoms. The zero-order chi connectivity index (χ0) is 14.3. The van der Waals surface area contributed by atoms with Gasteiger partial charge in [0, 0.05) is 19.8 Å². The molecule has 3 aliphatic rings. The van der Waals surface area contributed by atoms with E-state index in [1.54, 1.807) is 0 Å². The van der Waals surface area contributed by atoms with Crippen LogP contribution in [0.2, 0.25) is 0 Å². The molecule has 0 spiro atoms. The maximum atomic E-state index is 5.72. The Morgan fingerprint density at radius 3 is 1.57 bits per heavy atom. The highest BCUT2D eigenvalue weighted by atomic mass is 16.6. The first-order chi connectivity index (χ1) is 10.4. The van der Waals surface area contributed by atoms with Gasteiger partial charge >= 0.3 is 0 Å². The molecule has 122 valence electrons. The Morgan fingerprint density at radius 2 is 1.14 bits per heavy atom. The Bertz CT molecular complexity index is 268. The molecule has 3 fully saturated rings. The first kappa shape index (κ1) is 15.6. The second-order valence-corrected chi connectivity index (χ2v) is 6.00. The van der Waals surface area contributed by atoms with Crippen LogP contribution in [0.5, 0.6) is 0 Å². The van der Waals surface area contributed by atoms with E-state index in [0.29, 0.717) is 30.8 Å². The summed E-state index contributed by atoms with van der Waals surface area (Å²) in [7, 11) is 0. The van der Waals surface area contributed by atoms with E-state index in [1.165, 1.54) is 0 Å². The molecular formula is C15H26O6. The van der Waals surface area contributed by atoms with Crippen molar-refractivity contribution >= 4 is 0 Å². The molecule has 3 atom stereocenters. The first-order valence-corrected chi connectivity index (χ1v) is 7.98. The van der Waals surface area contributed by atoms with E-state index in [4.69, 9.17) is 28.4 Å². The Morgan fingerprint density at radius 1 is 0.714 bits per heavy atom. The second-order valence-electron chi connectivity index (χ2n) is 6.00. The van der Waals surface area contributed by atoms with E-state index in [1.807, 2.05) is 0 Å². The van der Waals surface area contributed by atoms with Crippen LogP contribution in [0.1, 0.15) is 12.8 Å². The first-order valence-electron chi connectivity index (χ1n) is 7.98. The van der Waals surface area contributed by atoms with E-state index in [0.717, 1.165) is 65.7 Å². The zero-order valence-corrected chi connectivity index (χ0v) is 12.5. The number of hydrogen-bond acceptors (Lipinski definition) is 6. The van der Waals surface area contributed by atoms with Crippen molar-refractivity contribution in [2.75, 3.05) is 59.5 Å². The van der Waals surface area contributed by atoms with Gasteiger partial charge in [0.25, 0.3) is 0 Å². The van der Waals surface area contributed by atoms with Gasteiger partial charge in [-0.05, 0) is 18.8 Å². The van der Waals surface area contributed by atoms with E-state index in [2.05, 4.69) is 0 Å². The van der Waals surface area contributed by atoms with Crippen molar-refractivity contribution in [3.63, 3.8) is 0 Å². The van der Waals surface area contributed by atoms with Crippen LogP contribution in [0, 0.1) is 5.92 Å². The fourth-order valence-electron chi connectivity index (χ4n) is 2.10. The van der Waals surface area contributed by atoms with Gasteiger partial charge in [0.15, 0.2) is 0 Å². The standard InChI is InChI=1S/C15H26O6/c1(3-16-6-13-9-19-13)12(5-18-8-15-11-21-15)2-4-17-7-14-10-20-14/h12-15H,1-11H2. The lowest BCUT2D eigenvalue weighted by molar-refractivity contribution is 0.0396. The molecule has 3 saturated heterocycles. The molecule has 3 unspecified atom stereocenters. The topological polar surface area (TPSA) is 65.3 Å². The smallest absolute Gasteiger partial charge is 0.104 e. The summed E-state index contributed by atoms with van der Waals surface area (Å²) in [5.74, 6) is 0.476. The molecule has 0 aliphatic carbocycles. The summed E-state index contributed by atoms with van der Waals surface area (Å²) in [6, 6.07) is 0. The number of epoxide rings is 3. The van der Waals surface area contributed by atoms with Crippen LogP contribution >= 0.6 is 0 Å². The van der Waals surface area contributed by atoms with Gasteiger partial charge in [-0.2, -0.15) is 0 Å². The Kier molecular flexibility index (Phi) is 6.26. The van der Waals surface area contributed by atoms with E-state index in [-0.39, 0.29) is 0 Å². The van der Waals surface area contributed by atoms with Gasteiger partial charge in [0.2, 0.25) is 0 Å². The minimum atomic E-state index is 0.331. The summed E-state index contributed by atoms with van der Waals surface area (Å²) < 4.78 is 32.4. The van der Waals surface area contributed by atoms with Crippen LogP contribution in [-0.4, -0.2) is 77.8 Å². The fraction of sp³-hybridized carbons (Fsp3) is 1.00. The minimum Gasteiger partial charge on any atom is -0.379 e. The quantitative estimate of drug-likeness (QED) is 0.346. The highest BCUT2D eigenvalue weighted by Crippen LogP contribution is 2.15. The SMILES string of the molecule is C(CC(CCOCC1CO1)COCC1CO1)OCC1CO1. The molecule has 21 heavy (non-hydrogen) atoms. The van der Waals surface area contributed by atoms with Gasteiger partial charge in [-0.25, -0.2) is 0 Å². The predicted octanol–water partition coefficient (Wildman–Crippen LogP) is 0.629. The van der Waals surface area contributed by atoms with Crippen LogP contribution < -0.4 is 0 Å². The molecule has 3 aliphatic heterocycles. The molecule has 6 nitrogen and oxygen atoms in total. The lowest BCUT2D eigenvalue weighted by atomic mass is 10.0. The normalized spacial score (nSPS) is 31.1. The van der Waals surface area contributed by atoms with Crippen molar-refractivity contribution in [1.29, 1.82) is 0 Å². The molecule has 0 saturated carbocycles. The third-order valence-corrected chi connectivity index (χ3v) is 3.81. The zero-order valence-electron chi connectivity index (χ0n) is 12.5. The number of ether oxygens (including phenoxy) is 6. The Labute approximate surface area is 126 Å². The van der Waals surface area contributed by atoms with E-state index in [9.17, 15) is 0 Å². The van der Waals surface area contributed by atoms with Crippen LogP contribution in [-0.2, 0) is 28.4 Å². The summed E-state index contributed by atoms with van der Waals surface area (Å²) in [6.45, 7) is 6.99. The summed E-state index contributed by atoms with van der Waals surface area (Å²) >= 11 is 0. The third-order valence-electron chi connectivity index (χ3n) is 3.81. The van der Waals surface area contributed by atoms with Gasteiger partial charge in [0.05, 0.1) is 39.6 Å². The van der Waals surface area contributed by atoms with Gasteiger partial charge in [-0.3, -0.25) is 0 Å². The molecular weight excluding hydrogens is 276 g/mol. The number of rotatable bonds is 14. The Balaban J connectivity index is 1.23. The van der Waals surface area contributed by atoms with Gasteiger partial charge in [-0.1, -0.05) is 0 Å².